The quantitative estimate of drug-likeness (QED) is 0.539. The zero-order valence-electron chi connectivity index (χ0n) is 10.9. The third kappa shape index (κ3) is 1.65. The van der Waals surface area contributed by atoms with Crippen LogP contribution in [0.15, 0.2) is 55.1 Å². The molecule has 0 aliphatic heterocycles. The Morgan fingerprint density at radius 3 is 2.74 bits per heavy atom. The molecule has 0 aliphatic rings. The lowest BCUT2D eigenvalue weighted by molar-refractivity contribution is 1.04. The first kappa shape index (κ1) is 11.6. The second-order valence-electron chi connectivity index (χ2n) is 4.66. The SMILES string of the molecule is C=C/C=C\c1c(C)c2c3ccccc3ccc2n1N. The summed E-state index contributed by atoms with van der Waals surface area (Å²) in [6, 6.07) is 12.6. The summed E-state index contributed by atoms with van der Waals surface area (Å²) >= 11 is 0. The highest BCUT2D eigenvalue weighted by molar-refractivity contribution is 6.09. The molecule has 2 heteroatoms. The van der Waals surface area contributed by atoms with Gasteiger partial charge < -0.3 is 5.84 Å². The van der Waals surface area contributed by atoms with Crippen molar-refractivity contribution in [3.05, 3.63) is 66.4 Å². The van der Waals surface area contributed by atoms with E-state index >= 15 is 0 Å². The van der Waals surface area contributed by atoms with Gasteiger partial charge in [-0.3, -0.25) is 4.68 Å². The van der Waals surface area contributed by atoms with Gasteiger partial charge in [-0.15, -0.1) is 0 Å². The van der Waals surface area contributed by atoms with Gasteiger partial charge in [0.1, 0.15) is 0 Å². The minimum absolute atomic E-state index is 1.02. The average molecular weight is 248 g/mol. The molecule has 19 heavy (non-hydrogen) atoms. The fraction of sp³-hybridized carbons (Fsp3) is 0.0588. The zero-order chi connectivity index (χ0) is 13.4. The lowest BCUT2D eigenvalue weighted by Crippen LogP contribution is -2.09. The molecule has 0 aliphatic carbocycles. The Balaban J connectivity index is 2.47. The molecular formula is C17H16N2. The van der Waals surface area contributed by atoms with Crippen molar-refractivity contribution < 1.29 is 0 Å². The van der Waals surface area contributed by atoms with Gasteiger partial charge in [0.25, 0.3) is 0 Å². The maximum atomic E-state index is 6.20. The topological polar surface area (TPSA) is 30.9 Å². The lowest BCUT2D eigenvalue weighted by Gasteiger charge is -2.01. The van der Waals surface area contributed by atoms with Crippen molar-refractivity contribution in [2.24, 2.45) is 0 Å². The van der Waals surface area contributed by atoms with Crippen molar-refractivity contribution in [2.75, 3.05) is 5.84 Å². The van der Waals surface area contributed by atoms with Gasteiger partial charge in [-0.05, 0) is 35.4 Å². The summed E-state index contributed by atoms with van der Waals surface area (Å²) in [7, 11) is 0. The summed E-state index contributed by atoms with van der Waals surface area (Å²) in [5.41, 5.74) is 3.28. The molecule has 2 aromatic carbocycles. The summed E-state index contributed by atoms with van der Waals surface area (Å²) in [5, 5.41) is 3.71. The minimum Gasteiger partial charge on any atom is -0.339 e. The number of nitrogen functional groups attached to an aromatic ring is 1. The van der Waals surface area contributed by atoms with Crippen molar-refractivity contribution in [1.29, 1.82) is 0 Å². The summed E-state index contributed by atoms with van der Waals surface area (Å²) in [4.78, 5) is 0. The summed E-state index contributed by atoms with van der Waals surface area (Å²) in [5.74, 6) is 6.20. The van der Waals surface area contributed by atoms with E-state index in [4.69, 9.17) is 5.84 Å². The molecular weight excluding hydrogens is 232 g/mol. The Morgan fingerprint density at radius 2 is 1.95 bits per heavy atom. The van der Waals surface area contributed by atoms with Crippen LogP contribution in [0.5, 0.6) is 0 Å². The highest BCUT2D eigenvalue weighted by Crippen LogP contribution is 2.31. The van der Waals surface area contributed by atoms with Crippen molar-refractivity contribution in [2.45, 2.75) is 6.92 Å². The van der Waals surface area contributed by atoms with Gasteiger partial charge >= 0.3 is 0 Å². The molecule has 0 saturated carbocycles. The van der Waals surface area contributed by atoms with Crippen LogP contribution >= 0.6 is 0 Å². The van der Waals surface area contributed by atoms with Gasteiger partial charge in [0.15, 0.2) is 0 Å². The van der Waals surface area contributed by atoms with Crippen LogP contribution in [0.4, 0.5) is 0 Å². The van der Waals surface area contributed by atoms with E-state index in [1.54, 1.807) is 10.8 Å². The zero-order valence-corrected chi connectivity index (χ0v) is 10.9. The van der Waals surface area contributed by atoms with Crippen LogP contribution < -0.4 is 5.84 Å². The molecule has 0 atom stereocenters. The Morgan fingerprint density at radius 1 is 1.16 bits per heavy atom. The Kier molecular flexibility index (Phi) is 2.64. The predicted molar refractivity (Wildman–Crippen MR) is 83.6 cm³/mol. The molecule has 1 aromatic heterocycles. The van der Waals surface area contributed by atoms with E-state index in [2.05, 4.69) is 49.9 Å². The number of nitrogens with zero attached hydrogens (tertiary/aromatic N) is 1. The first-order valence-corrected chi connectivity index (χ1v) is 6.31. The summed E-state index contributed by atoms with van der Waals surface area (Å²) in [6.45, 7) is 5.81. The number of benzene rings is 2. The van der Waals surface area contributed by atoms with E-state index in [-0.39, 0.29) is 0 Å². The summed E-state index contributed by atoms with van der Waals surface area (Å²) in [6.07, 6.45) is 5.67. The molecule has 2 nitrogen and oxygen atoms in total. The van der Waals surface area contributed by atoms with Gasteiger partial charge in [-0.2, -0.15) is 0 Å². The Hall–Kier alpha value is -2.48. The number of allylic oxidation sites excluding steroid dienone is 2. The smallest absolute Gasteiger partial charge is 0.0706 e. The van der Waals surface area contributed by atoms with Crippen LogP contribution in [0.1, 0.15) is 11.3 Å². The van der Waals surface area contributed by atoms with Crippen LogP contribution in [0.25, 0.3) is 27.8 Å². The fourth-order valence-electron chi connectivity index (χ4n) is 2.66. The molecule has 3 aromatic rings. The highest BCUT2D eigenvalue weighted by atomic mass is 15.3. The van der Waals surface area contributed by atoms with Crippen LogP contribution in [0.2, 0.25) is 0 Å². The molecule has 0 fully saturated rings. The molecule has 0 saturated heterocycles. The summed E-state index contributed by atoms with van der Waals surface area (Å²) < 4.78 is 1.75. The van der Waals surface area contributed by atoms with Gasteiger partial charge in [0.2, 0.25) is 0 Å². The minimum atomic E-state index is 1.02. The van der Waals surface area contributed by atoms with Crippen molar-refractivity contribution in [3.63, 3.8) is 0 Å². The molecule has 0 unspecified atom stereocenters. The number of nitrogens with two attached hydrogens (primary N) is 1. The highest BCUT2D eigenvalue weighted by Gasteiger charge is 2.12. The largest absolute Gasteiger partial charge is 0.339 e. The third-order valence-electron chi connectivity index (χ3n) is 3.58. The Labute approximate surface area is 112 Å². The normalized spacial score (nSPS) is 11.6. The van der Waals surface area contributed by atoms with Crippen LogP contribution in [0.3, 0.4) is 0 Å². The standard InChI is InChI=1S/C17H16N2/c1-3-4-9-15-12(2)17-14-8-6-5-7-13(14)10-11-16(17)19(15)18/h3-11H,1,18H2,2H3/b9-4-. The molecule has 0 spiro atoms. The van der Waals surface area contributed by atoms with Crippen molar-refractivity contribution in [3.8, 4) is 0 Å². The predicted octanol–water partition coefficient (Wildman–Crippen LogP) is 4.02. The van der Waals surface area contributed by atoms with Gasteiger partial charge in [-0.25, -0.2) is 0 Å². The number of rotatable bonds is 2. The van der Waals surface area contributed by atoms with E-state index in [0.717, 1.165) is 11.2 Å². The molecule has 0 bridgehead atoms. The average Bonchev–Trinajstić information content (AvgIpc) is 2.69. The lowest BCUT2D eigenvalue weighted by atomic mass is 10.0. The molecule has 3 rings (SSSR count). The second-order valence-corrected chi connectivity index (χ2v) is 4.66. The molecule has 94 valence electrons. The number of hydrogen-bond acceptors (Lipinski definition) is 1. The van der Waals surface area contributed by atoms with Crippen LogP contribution in [-0.2, 0) is 0 Å². The monoisotopic (exact) mass is 248 g/mol. The van der Waals surface area contributed by atoms with E-state index < -0.39 is 0 Å². The van der Waals surface area contributed by atoms with E-state index in [0.29, 0.717) is 0 Å². The number of aryl methyl sites for hydroxylation is 1. The van der Waals surface area contributed by atoms with E-state index in [1.807, 2.05) is 12.2 Å². The number of fused-ring (bicyclic) bond motifs is 3. The molecule has 0 amide bonds. The number of aromatic nitrogens is 1. The third-order valence-corrected chi connectivity index (χ3v) is 3.58. The number of hydrogen-bond donors (Lipinski definition) is 1. The second kappa shape index (κ2) is 4.32. The van der Waals surface area contributed by atoms with Gasteiger partial charge in [0, 0.05) is 5.39 Å². The van der Waals surface area contributed by atoms with Gasteiger partial charge in [-0.1, -0.05) is 49.1 Å². The van der Waals surface area contributed by atoms with E-state index in [1.165, 1.54) is 21.7 Å². The molecule has 1 heterocycles. The maximum absolute atomic E-state index is 6.20. The Bertz CT molecular complexity index is 807. The maximum Gasteiger partial charge on any atom is 0.0706 e. The van der Waals surface area contributed by atoms with E-state index in [9.17, 15) is 0 Å². The first-order valence-electron chi connectivity index (χ1n) is 6.31. The molecule has 0 radical (unpaired) electrons. The van der Waals surface area contributed by atoms with Crippen molar-refractivity contribution >= 4 is 27.8 Å². The van der Waals surface area contributed by atoms with Crippen LogP contribution in [-0.4, -0.2) is 4.68 Å². The first-order chi connectivity index (χ1) is 9.24. The molecule has 2 N–H and O–H groups in total. The van der Waals surface area contributed by atoms with Gasteiger partial charge in [0.05, 0.1) is 11.2 Å². The fourth-order valence-corrected chi connectivity index (χ4v) is 2.66. The van der Waals surface area contributed by atoms with Crippen molar-refractivity contribution in [1.82, 2.24) is 4.68 Å². The van der Waals surface area contributed by atoms with Crippen LogP contribution in [0, 0.1) is 6.92 Å².